The molecule has 1 aromatic rings. The largest absolute Gasteiger partial charge is 0.478 e. The molecule has 0 saturated heterocycles. The fourth-order valence-electron chi connectivity index (χ4n) is 1.32. The molecule has 0 bridgehead atoms. The van der Waals surface area contributed by atoms with E-state index in [9.17, 15) is 14.4 Å². The van der Waals surface area contributed by atoms with E-state index in [0.717, 1.165) is 6.20 Å². The third-order valence-electron chi connectivity index (χ3n) is 2.25. The molecule has 2 amide bonds. The maximum Gasteiger partial charge on any atom is 0.337 e. The van der Waals surface area contributed by atoms with Gasteiger partial charge in [0.1, 0.15) is 5.69 Å². The van der Waals surface area contributed by atoms with Gasteiger partial charge in [0.15, 0.2) is 0 Å². The molecule has 0 fully saturated rings. The first-order chi connectivity index (χ1) is 9.04. The van der Waals surface area contributed by atoms with Crippen molar-refractivity contribution in [2.75, 3.05) is 13.1 Å². The second kappa shape index (κ2) is 7.10. The lowest BCUT2D eigenvalue weighted by Crippen LogP contribution is -2.31. The van der Waals surface area contributed by atoms with Gasteiger partial charge in [0, 0.05) is 25.7 Å². The lowest BCUT2D eigenvalue weighted by atomic mass is 10.2. The smallest absolute Gasteiger partial charge is 0.337 e. The first kappa shape index (κ1) is 14.6. The fourth-order valence-corrected chi connectivity index (χ4v) is 1.32. The summed E-state index contributed by atoms with van der Waals surface area (Å²) in [5.74, 6) is -1.69. The number of nitrogens with zero attached hydrogens (tertiary/aromatic N) is 1. The van der Waals surface area contributed by atoms with Crippen molar-refractivity contribution in [3.63, 3.8) is 0 Å². The van der Waals surface area contributed by atoms with Crippen molar-refractivity contribution in [1.82, 2.24) is 15.6 Å². The minimum absolute atomic E-state index is 0.0128. The van der Waals surface area contributed by atoms with Crippen LogP contribution in [0.2, 0.25) is 0 Å². The highest BCUT2D eigenvalue weighted by atomic mass is 16.4. The fraction of sp³-hybridized carbons (Fsp3) is 0.333. The van der Waals surface area contributed by atoms with Crippen molar-refractivity contribution < 1.29 is 19.5 Å². The normalized spacial score (nSPS) is 9.74. The second-order valence-corrected chi connectivity index (χ2v) is 3.70. The minimum Gasteiger partial charge on any atom is -0.478 e. The Balaban J connectivity index is 2.45. The van der Waals surface area contributed by atoms with E-state index in [1.165, 1.54) is 12.1 Å². The topological polar surface area (TPSA) is 108 Å². The number of pyridine rings is 1. The van der Waals surface area contributed by atoms with Gasteiger partial charge < -0.3 is 15.7 Å². The molecule has 1 rings (SSSR count). The number of rotatable bonds is 6. The molecule has 7 nitrogen and oxygen atoms in total. The molecule has 0 radical (unpaired) electrons. The van der Waals surface area contributed by atoms with Crippen molar-refractivity contribution in [3.8, 4) is 0 Å². The average molecular weight is 265 g/mol. The molecule has 1 aromatic heterocycles. The van der Waals surface area contributed by atoms with E-state index in [0.29, 0.717) is 6.54 Å². The van der Waals surface area contributed by atoms with Crippen LogP contribution in [-0.2, 0) is 4.79 Å². The van der Waals surface area contributed by atoms with Crippen molar-refractivity contribution in [3.05, 3.63) is 29.6 Å². The molecule has 0 spiro atoms. The Bertz CT molecular complexity index is 470. The number of carbonyl (C=O) groups is 3. The molecule has 0 atom stereocenters. The van der Waals surface area contributed by atoms with Gasteiger partial charge in [0.2, 0.25) is 5.91 Å². The lowest BCUT2D eigenvalue weighted by molar-refractivity contribution is -0.120. The lowest BCUT2D eigenvalue weighted by Gasteiger charge is -2.05. The van der Waals surface area contributed by atoms with E-state index in [-0.39, 0.29) is 30.1 Å². The number of carboxylic acid groups (broad SMARTS) is 1. The number of hydrogen-bond acceptors (Lipinski definition) is 4. The predicted octanol–water partition coefficient (Wildman–Crippen LogP) is 0.0358. The van der Waals surface area contributed by atoms with Crippen molar-refractivity contribution in [1.29, 1.82) is 0 Å². The molecule has 102 valence electrons. The van der Waals surface area contributed by atoms with Crippen molar-refractivity contribution in [2.45, 2.75) is 13.3 Å². The zero-order chi connectivity index (χ0) is 14.3. The van der Waals surface area contributed by atoms with E-state index in [1.807, 2.05) is 6.92 Å². The van der Waals surface area contributed by atoms with E-state index < -0.39 is 11.9 Å². The Hall–Kier alpha value is -2.44. The van der Waals surface area contributed by atoms with Gasteiger partial charge in [0.05, 0.1) is 5.56 Å². The Labute approximate surface area is 110 Å². The summed E-state index contributed by atoms with van der Waals surface area (Å²) in [6.45, 7) is 2.56. The quantitative estimate of drug-likeness (QED) is 0.672. The summed E-state index contributed by atoms with van der Waals surface area (Å²) in [5, 5.41) is 13.8. The molecule has 19 heavy (non-hydrogen) atoms. The zero-order valence-electron chi connectivity index (χ0n) is 10.5. The number of carboxylic acids is 1. The molecule has 1 heterocycles. The molecule has 0 aromatic carbocycles. The van der Waals surface area contributed by atoms with Crippen molar-refractivity contribution in [2.24, 2.45) is 0 Å². The number of nitrogens with one attached hydrogen (secondary N) is 2. The number of aromatic carboxylic acids is 1. The van der Waals surface area contributed by atoms with Crippen LogP contribution in [0.4, 0.5) is 0 Å². The second-order valence-electron chi connectivity index (χ2n) is 3.70. The Kier molecular flexibility index (Phi) is 5.46. The highest BCUT2D eigenvalue weighted by Crippen LogP contribution is 2.00. The van der Waals surface area contributed by atoms with Gasteiger partial charge in [-0.3, -0.25) is 14.6 Å². The van der Waals surface area contributed by atoms with Gasteiger partial charge in [-0.1, -0.05) is 0 Å². The van der Waals surface area contributed by atoms with Gasteiger partial charge in [-0.05, 0) is 19.1 Å². The Morgan fingerprint density at radius 1 is 1.26 bits per heavy atom. The summed E-state index contributed by atoms with van der Waals surface area (Å²) in [5.41, 5.74) is 0.125. The van der Waals surface area contributed by atoms with Gasteiger partial charge >= 0.3 is 5.97 Å². The van der Waals surface area contributed by atoms with Crippen LogP contribution in [-0.4, -0.2) is 41.0 Å². The Morgan fingerprint density at radius 3 is 2.53 bits per heavy atom. The summed E-state index contributed by atoms with van der Waals surface area (Å²) in [4.78, 5) is 37.1. The molecular formula is C12H15N3O4. The minimum atomic E-state index is -1.10. The standard InChI is InChI=1S/C12H15N3O4/c1-2-13-10(16)5-6-14-11(17)9-4-3-8(7-15-9)12(18)19/h3-4,7H,2,5-6H2,1H3,(H,13,16)(H,14,17)(H,18,19). The molecular weight excluding hydrogens is 250 g/mol. The van der Waals surface area contributed by atoms with Gasteiger partial charge in [-0.2, -0.15) is 0 Å². The highest BCUT2D eigenvalue weighted by molar-refractivity contribution is 5.93. The third kappa shape index (κ3) is 4.74. The van der Waals surface area contributed by atoms with Crippen LogP contribution in [0.15, 0.2) is 18.3 Å². The Morgan fingerprint density at radius 2 is 2.00 bits per heavy atom. The average Bonchev–Trinajstić information content (AvgIpc) is 2.39. The third-order valence-corrected chi connectivity index (χ3v) is 2.25. The van der Waals surface area contributed by atoms with Crippen LogP contribution < -0.4 is 10.6 Å². The van der Waals surface area contributed by atoms with Crippen LogP contribution in [0.25, 0.3) is 0 Å². The van der Waals surface area contributed by atoms with E-state index >= 15 is 0 Å². The molecule has 7 heteroatoms. The number of aromatic nitrogens is 1. The molecule has 3 N–H and O–H groups in total. The summed E-state index contributed by atoms with van der Waals surface area (Å²) >= 11 is 0. The monoisotopic (exact) mass is 265 g/mol. The molecule has 0 aliphatic heterocycles. The summed E-state index contributed by atoms with van der Waals surface area (Å²) in [6.07, 6.45) is 1.30. The maximum absolute atomic E-state index is 11.6. The van der Waals surface area contributed by atoms with Crippen molar-refractivity contribution >= 4 is 17.8 Å². The summed E-state index contributed by atoms with van der Waals surface area (Å²) < 4.78 is 0. The number of amides is 2. The molecule has 0 unspecified atom stereocenters. The molecule has 0 saturated carbocycles. The van der Waals surface area contributed by atoms with Gasteiger partial charge in [-0.25, -0.2) is 4.79 Å². The van der Waals surface area contributed by atoms with E-state index in [2.05, 4.69) is 15.6 Å². The van der Waals surface area contributed by atoms with Gasteiger partial charge in [0.25, 0.3) is 5.91 Å². The van der Waals surface area contributed by atoms with Crippen LogP contribution in [0.3, 0.4) is 0 Å². The summed E-state index contributed by atoms with van der Waals surface area (Å²) in [6, 6.07) is 2.62. The first-order valence-electron chi connectivity index (χ1n) is 5.78. The zero-order valence-corrected chi connectivity index (χ0v) is 10.5. The van der Waals surface area contributed by atoms with Crippen LogP contribution in [0.1, 0.15) is 34.2 Å². The number of carbonyl (C=O) groups excluding carboxylic acids is 2. The summed E-state index contributed by atoms with van der Waals surface area (Å²) in [7, 11) is 0. The SMILES string of the molecule is CCNC(=O)CCNC(=O)c1ccc(C(=O)O)cn1. The van der Waals surface area contributed by atoms with Crippen LogP contribution in [0, 0.1) is 0 Å². The predicted molar refractivity (Wildman–Crippen MR) is 66.8 cm³/mol. The van der Waals surface area contributed by atoms with E-state index in [4.69, 9.17) is 5.11 Å². The van der Waals surface area contributed by atoms with E-state index in [1.54, 1.807) is 0 Å². The maximum atomic E-state index is 11.6. The molecule has 0 aliphatic carbocycles. The van der Waals surface area contributed by atoms with Crippen LogP contribution in [0.5, 0.6) is 0 Å². The first-order valence-corrected chi connectivity index (χ1v) is 5.78. The molecule has 0 aliphatic rings. The van der Waals surface area contributed by atoms with Crippen LogP contribution >= 0.6 is 0 Å². The highest BCUT2D eigenvalue weighted by Gasteiger charge is 2.09. The van der Waals surface area contributed by atoms with Gasteiger partial charge in [-0.15, -0.1) is 0 Å². The number of hydrogen-bond donors (Lipinski definition) is 3.